The number of aromatic nitrogens is 2. The number of nitrogen functional groups attached to an aromatic ring is 1. The summed E-state index contributed by atoms with van der Waals surface area (Å²) in [6, 6.07) is 7.26. The van der Waals surface area contributed by atoms with Gasteiger partial charge in [0.05, 0.1) is 11.3 Å². The maximum absolute atomic E-state index is 13.4. The van der Waals surface area contributed by atoms with Crippen LogP contribution in [0.2, 0.25) is 0 Å². The number of hydrogen-bond donors (Lipinski definition) is 3. The van der Waals surface area contributed by atoms with Crippen molar-refractivity contribution in [3.63, 3.8) is 0 Å². The van der Waals surface area contributed by atoms with Gasteiger partial charge in [0.2, 0.25) is 0 Å². The predicted molar refractivity (Wildman–Crippen MR) is 64.2 cm³/mol. The lowest BCUT2D eigenvalue weighted by Gasteiger charge is -2.09. The molecule has 0 spiro atoms. The summed E-state index contributed by atoms with van der Waals surface area (Å²) >= 11 is 0. The lowest BCUT2D eigenvalue weighted by Crippen LogP contribution is -2.19. The van der Waals surface area contributed by atoms with Crippen molar-refractivity contribution in [3.8, 4) is 0 Å². The highest BCUT2D eigenvalue weighted by atomic mass is 19.1. The van der Waals surface area contributed by atoms with Gasteiger partial charge in [-0.1, -0.05) is 6.07 Å². The normalized spacial score (nSPS) is 9.89. The highest BCUT2D eigenvalue weighted by Gasteiger charge is 2.14. The Kier molecular flexibility index (Phi) is 3.44. The zero-order chi connectivity index (χ0) is 13.0. The summed E-state index contributed by atoms with van der Waals surface area (Å²) in [6.45, 7) is 0. The second kappa shape index (κ2) is 5.19. The lowest BCUT2D eigenvalue weighted by atomic mass is 10.1. The monoisotopic (exact) mass is 247 g/mol. The molecule has 0 fully saturated rings. The number of nitrogens with zero attached hydrogens (tertiary/aromatic N) is 2. The molecule has 1 aromatic heterocycles. The molecule has 1 heterocycles. The number of halogens is 1. The molecule has 0 atom stereocenters. The number of rotatable bonds is 3. The first-order valence-corrected chi connectivity index (χ1v) is 5.06. The number of carbonyl (C=O) groups is 1. The second-order valence-corrected chi connectivity index (χ2v) is 3.37. The highest BCUT2D eigenvalue weighted by Crippen LogP contribution is 2.19. The van der Waals surface area contributed by atoms with Crippen LogP contribution in [0, 0.1) is 5.82 Å². The van der Waals surface area contributed by atoms with Gasteiger partial charge >= 0.3 is 0 Å². The smallest absolute Gasteiger partial charge is 0.259 e. The van der Waals surface area contributed by atoms with Crippen LogP contribution in [0.15, 0.2) is 36.5 Å². The van der Waals surface area contributed by atoms with E-state index in [9.17, 15) is 9.18 Å². The SMILES string of the molecule is NNc1c(F)cccc1C(=O)Nc1cccnn1. The zero-order valence-electron chi connectivity index (χ0n) is 9.22. The Balaban J connectivity index is 2.27. The van der Waals surface area contributed by atoms with Crippen molar-refractivity contribution in [2.24, 2.45) is 5.84 Å². The number of para-hydroxylation sites is 1. The van der Waals surface area contributed by atoms with E-state index in [0.29, 0.717) is 0 Å². The Morgan fingerprint density at radius 1 is 1.28 bits per heavy atom. The molecule has 2 aromatic rings. The molecule has 1 amide bonds. The molecule has 1 aromatic carbocycles. The Hall–Kier alpha value is -2.54. The summed E-state index contributed by atoms with van der Waals surface area (Å²) in [7, 11) is 0. The molecular weight excluding hydrogens is 237 g/mol. The van der Waals surface area contributed by atoms with E-state index < -0.39 is 11.7 Å². The van der Waals surface area contributed by atoms with Gasteiger partial charge in [-0.05, 0) is 24.3 Å². The summed E-state index contributed by atoms with van der Waals surface area (Å²) in [6.07, 6.45) is 1.48. The van der Waals surface area contributed by atoms with Crippen LogP contribution in [0.5, 0.6) is 0 Å². The third-order valence-electron chi connectivity index (χ3n) is 2.22. The van der Waals surface area contributed by atoms with Gasteiger partial charge < -0.3 is 10.7 Å². The first kappa shape index (κ1) is 11.9. The number of nitrogens with two attached hydrogens (primary N) is 1. The summed E-state index contributed by atoms with van der Waals surface area (Å²) in [5.41, 5.74) is 2.17. The van der Waals surface area contributed by atoms with Crippen LogP contribution >= 0.6 is 0 Å². The highest BCUT2D eigenvalue weighted by molar-refractivity contribution is 6.07. The van der Waals surface area contributed by atoms with Crippen molar-refractivity contribution < 1.29 is 9.18 Å². The van der Waals surface area contributed by atoms with Gasteiger partial charge in [0.15, 0.2) is 5.82 Å². The van der Waals surface area contributed by atoms with E-state index in [-0.39, 0.29) is 17.1 Å². The fraction of sp³-hybridized carbons (Fsp3) is 0. The maximum atomic E-state index is 13.4. The van der Waals surface area contributed by atoms with Gasteiger partial charge in [0.1, 0.15) is 5.82 Å². The topological polar surface area (TPSA) is 92.9 Å². The molecule has 2 rings (SSSR count). The van der Waals surface area contributed by atoms with E-state index >= 15 is 0 Å². The molecule has 0 unspecified atom stereocenters. The van der Waals surface area contributed by atoms with Crippen LogP contribution in [0.4, 0.5) is 15.9 Å². The molecule has 0 aliphatic carbocycles. The fourth-order valence-electron chi connectivity index (χ4n) is 1.41. The first-order valence-electron chi connectivity index (χ1n) is 5.06. The van der Waals surface area contributed by atoms with Crippen LogP contribution < -0.4 is 16.6 Å². The van der Waals surface area contributed by atoms with Gasteiger partial charge in [-0.3, -0.25) is 10.6 Å². The molecule has 0 bridgehead atoms. The number of carbonyl (C=O) groups excluding carboxylic acids is 1. The molecule has 6 nitrogen and oxygen atoms in total. The fourth-order valence-corrected chi connectivity index (χ4v) is 1.41. The Labute approximate surface area is 102 Å². The molecular formula is C11H10FN5O. The minimum absolute atomic E-state index is 0.0705. The number of amides is 1. The van der Waals surface area contributed by atoms with Gasteiger partial charge in [0.25, 0.3) is 5.91 Å². The van der Waals surface area contributed by atoms with E-state index in [1.165, 1.54) is 24.4 Å². The Bertz CT molecular complexity index is 561. The lowest BCUT2D eigenvalue weighted by molar-refractivity contribution is 0.102. The summed E-state index contributed by atoms with van der Waals surface area (Å²) in [5, 5.41) is 9.79. The van der Waals surface area contributed by atoms with Crippen molar-refractivity contribution >= 4 is 17.4 Å². The van der Waals surface area contributed by atoms with Crippen molar-refractivity contribution in [1.29, 1.82) is 0 Å². The largest absolute Gasteiger partial charge is 0.321 e. The van der Waals surface area contributed by atoms with Crippen LogP contribution in [-0.2, 0) is 0 Å². The maximum Gasteiger partial charge on any atom is 0.259 e. The van der Waals surface area contributed by atoms with E-state index in [1.54, 1.807) is 12.1 Å². The number of hydrazine groups is 1. The van der Waals surface area contributed by atoms with Gasteiger partial charge in [-0.15, -0.1) is 5.10 Å². The quantitative estimate of drug-likeness (QED) is 0.559. The molecule has 7 heteroatoms. The molecule has 92 valence electrons. The molecule has 0 aliphatic rings. The van der Waals surface area contributed by atoms with Crippen LogP contribution in [0.25, 0.3) is 0 Å². The average molecular weight is 247 g/mol. The molecule has 0 saturated heterocycles. The van der Waals surface area contributed by atoms with Crippen molar-refractivity contribution in [3.05, 3.63) is 47.9 Å². The summed E-state index contributed by atoms with van der Waals surface area (Å²) in [5.74, 6) is 4.33. The third-order valence-corrected chi connectivity index (χ3v) is 2.22. The van der Waals surface area contributed by atoms with Crippen LogP contribution in [-0.4, -0.2) is 16.1 Å². The molecule has 0 radical (unpaired) electrons. The van der Waals surface area contributed by atoms with Gasteiger partial charge in [-0.2, -0.15) is 5.10 Å². The minimum atomic E-state index is -0.607. The summed E-state index contributed by atoms with van der Waals surface area (Å²) in [4.78, 5) is 11.9. The first-order chi connectivity index (χ1) is 8.72. The molecule has 4 N–H and O–H groups in total. The molecule has 18 heavy (non-hydrogen) atoms. The van der Waals surface area contributed by atoms with Gasteiger partial charge in [0, 0.05) is 6.20 Å². The van der Waals surface area contributed by atoms with Crippen LogP contribution in [0.1, 0.15) is 10.4 Å². The van der Waals surface area contributed by atoms with E-state index in [2.05, 4.69) is 20.9 Å². The number of hydrogen-bond acceptors (Lipinski definition) is 5. The molecule has 0 aliphatic heterocycles. The number of benzene rings is 1. The predicted octanol–water partition coefficient (Wildman–Crippen LogP) is 1.15. The van der Waals surface area contributed by atoms with E-state index in [1.807, 2.05) is 0 Å². The summed E-state index contributed by atoms with van der Waals surface area (Å²) < 4.78 is 13.4. The number of nitrogens with one attached hydrogen (secondary N) is 2. The van der Waals surface area contributed by atoms with Crippen molar-refractivity contribution in [2.75, 3.05) is 10.7 Å². The second-order valence-electron chi connectivity index (χ2n) is 3.37. The standard InChI is InChI=1S/C11H10FN5O/c12-8-4-1-3-7(10(8)16-13)11(18)15-9-5-2-6-14-17-9/h1-6,16H,13H2,(H,15,17,18). The number of anilines is 2. The average Bonchev–Trinajstić information content (AvgIpc) is 2.39. The van der Waals surface area contributed by atoms with Crippen LogP contribution in [0.3, 0.4) is 0 Å². The van der Waals surface area contributed by atoms with E-state index in [0.717, 1.165) is 0 Å². The van der Waals surface area contributed by atoms with E-state index in [4.69, 9.17) is 5.84 Å². The molecule has 0 saturated carbocycles. The zero-order valence-corrected chi connectivity index (χ0v) is 9.22. The third kappa shape index (κ3) is 2.41. The Morgan fingerprint density at radius 2 is 2.11 bits per heavy atom. The van der Waals surface area contributed by atoms with Crippen molar-refractivity contribution in [1.82, 2.24) is 10.2 Å². The minimum Gasteiger partial charge on any atom is -0.321 e. The van der Waals surface area contributed by atoms with Crippen molar-refractivity contribution in [2.45, 2.75) is 0 Å². The van der Waals surface area contributed by atoms with Gasteiger partial charge in [-0.25, -0.2) is 4.39 Å². The Morgan fingerprint density at radius 3 is 2.78 bits per heavy atom.